The largest absolute Gasteiger partial charge is 0.454 e. The average molecular weight is 202 g/mol. The predicted molar refractivity (Wildman–Crippen MR) is 43.6 cm³/mol. The Kier molecular flexibility index (Phi) is 2.90. The van der Waals surface area contributed by atoms with Crippen molar-refractivity contribution < 1.29 is 18.0 Å². The molecule has 1 radical (unpaired) electrons. The van der Waals surface area contributed by atoms with E-state index in [9.17, 15) is 18.0 Å². The van der Waals surface area contributed by atoms with Gasteiger partial charge in [-0.1, -0.05) is 24.3 Å². The number of benzene rings is 1. The van der Waals surface area contributed by atoms with Crippen LogP contribution in [0, 0.1) is 0 Å². The standard InChI is InChI=1S/C9H7F3NO/c10-9(11,12)8(14)7-3-1-6(5-13)2-4-7/h1-4,13H,5H2. The first-order valence-electron chi connectivity index (χ1n) is 3.80. The van der Waals surface area contributed by atoms with E-state index in [1.165, 1.54) is 12.1 Å². The molecule has 0 aliphatic carbocycles. The molecule has 1 aromatic carbocycles. The molecule has 1 rings (SSSR count). The van der Waals surface area contributed by atoms with E-state index in [4.69, 9.17) is 5.73 Å². The van der Waals surface area contributed by atoms with Crippen molar-refractivity contribution in [3.63, 3.8) is 0 Å². The molecule has 0 aromatic heterocycles. The predicted octanol–water partition coefficient (Wildman–Crippen LogP) is 2.21. The van der Waals surface area contributed by atoms with E-state index in [1.807, 2.05) is 0 Å². The van der Waals surface area contributed by atoms with Gasteiger partial charge in [-0.3, -0.25) is 10.5 Å². The molecule has 1 aromatic rings. The van der Waals surface area contributed by atoms with Gasteiger partial charge in [0.05, 0.1) is 0 Å². The maximum absolute atomic E-state index is 11.9. The number of hydrogen-bond acceptors (Lipinski definition) is 1. The summed E-state index contributed by atoms with van der Waals surface area (Å²) in [5, 5.41) is 0. The fourth-order valence-corrected chi connectivity index (χ4v) is 0.938. The number of ketones is 1. The molecule has 1 N–H and O–H groups in total. The van der Waals surface area contributed by atoms with Crippen molar-refractivity contribution in [3.8, 4) is 0 Å². The van der Waals surface area contributed by atoms with Gasteiger partial charge in [-0.05, 0) is 5.56 Å². The molecule has 0 heterocycles. The molecule has 5 heteroatoms. The van der Waals surface area contributed by atoms with Gasteiger partial charge < -0.3 is 0 Å². The van der Waals surface area contributed by atoms with Gasteiger partial charge in [0, 0.05) is 12.1 Å². The molecule has 14 heavy (non-hydrogen) atoms. The van der Waals surface area contributed by atoms with Crippen LogP contribution in [0.4, 0.5) is 13.2 Å². The van der Waals surface area contributed by atoms with Crippen molar-refractivity contribution in [1.29, 1.82) is 0 Å². The van der Waals surface area contributed by atoms with Crippen LogP contribution in [0.2, 0.25) is 0 Å². The summed E-state index contributed by atoms with van der Waals surface area (Å²) in [6, 6.07) is 4.84. The van der Waals surface area contributed by atoms with Crippen LogP contribution < -0.4 is 5.73 Å². The molecule has 0 unspecified atom stereocenters. The highest BCUT2D eigenvalue weighted by Gasteiger charge is 2.38. The monoisotopic (exact) mass is 202 g/mol. The van der Waals surface area contributed by atoms with E-state index in [2.05, 4.69) is 0 Å². The maximum atomic E-state index is 11.9. The molecule has 2 nitrogen and oxygen atoms in total. The zero-order chi connectivity index (χ0) is 10.8. The van der Waals surface area contributed by atoms with E-state index in [1.54, 1.807) is 0 Å². The van der Waals surface area contributed by atoms with Crippen molar-refractivity contribution in [2.45, 2.75) is 12.7 Å². The van der Waals surface area contributed by atoms with Gasteiger partial charge in [-0.25, -0.2) is 0 Å². The quantitative estimate of drug-likeness (QED) is 0.678. The number of carbonyl (C=O) groups excluding carboxylic acids is 1. The van der Waals surface area contributed by atoms with E-state index < -0.39 is 17.5 Å². The fourth-order valence-electron chi connectivity index (χ4n) is 0.938. The second-order valence-corrected chi connectivity index (χ2v) is 2.70. The van der Waals surface area contributed by atoms with E-state index in [0.29, 0.717) is 5.56 Å². The zero-order valence-electron chi connectivity index (χ0n) is 7.06. The molecule has 0 bridgehead atoms. The lowest BCUT2D eigenvalue weighted by Crippen LogP contribution is -2.22. The topological polar surface area (TPSA) is 40.9 Å². The fraction of sp³-hybridized carbons (Fsp3) is 0.222. The summed E-state index contributed by atoms with van der Waals surface area (Å²) < 4.78 is 35.8. The zero-order valence-corrected chi connectivity index (χ0v) is 7.06. The summed E-state index contributed by atoms with van der Waals surface area (Å²) in [5.41, 5.74) is 7.12. The normalized spacial score (nSPS) is 11.4. The van der Waals surface area contributed by atoms with Crippen LogP contribution in [-0.4, -0.2) is 12.0 Å². The Morgan fingerprint density at radius 2 is 1.71 bits per heavy atom. The Morgan fingerprint density at radius 3 is 2.07 bits per heavy atom. The summed E-state index contributed by atoms with van der Waals surface area (Å²) in [5.74, 6) is -1.85. The first-order chi connectivity index (χ1) is 6.45. The van der Waals surface area contributed by atoms with Gasteiger partial charge in [-0.2, -0.15) is 13.2 Å². The van der Waals surface area contributed by atoms with Crippen molar-refractivity contribution in [2.24, 2.45) is 0 Å². The lowest BCUT2D eigenvalue weighted by Gasteiger charge is -2.05. The summed E-state index contributed by atoms with van der Waals surface area (Å²) in [6.07, 6.45) is -4.83. The van der Waals surface area contributed by atoms with Gasteiger partial charge in [0.15, 0.2) is 0 Å². The Morgan fingerprint density at radius 1 is 1.21 bits per heavy atom. The molecule has 0 saturated heterocycles. The van der Waals surface area contributed by atoms with E-state index >= 15 is 0 Å². The molecular formula is C9H7F3NO. The van der Waals surface area contributed by atoms with Crippen LogP contribution in [0.3, 0.4) is 0 Å². The van der Waals surface area contributed by atoms with Gasteiger partial charge in [0.25, 0.3) is 5.78 Å². The third-order valence-electron chi connectivity index (χ3n) is 1.68. The van der Waals surface area contributed by atoms with Gasteiger partial charge in [0.2, 0.25) is 0 Å². The lowest BCUT2D eigenvalue weighted by atomic mass is 10.1. The summed E-state index contributed by atoms with van der Waals surface area (Å²) in [6.45, 7) is -0.0134. The summed E-state index contributed by atoms with van der Waals surface area (Å²) >= 11 is 0. The minimum Gasteiger partial charge on any atom is -0.284 e. The molecule has 0 atom stereocenters. The second-order valence-electron chi connectivity index (χ2n) is 2.70. The smallest absolute Gasteiger partial charge is 0.284 e. The molecule has 0 amide bonds. The first kappa shape index (κ1) is 10.7. The van der Waals surface area contributed by atoms with Crippen LogP contribution >= 0.6 is 0 Å². The third kappa shape index (κ3) is 2.32. The minimum absolute atomic E-state index is 0.0134. The Hall–Kier alpha value is -1.36. The van der Waals surface area contributed by atoms with Crippen LogP contribution in [-0.2, 0) is 6.54 Å². The number of nitrogens with one attached hydrogen (secondary N) is 1. The highest BCUT2D eigenvalue weighted by atomic mass is 19.4. The highest BCUT2D eigenvalue weighted by Crippen LogP contribution is 2.21. The van der Waals surface area contributed by atoms with Gasteiger partial charge >= 0.3 is 6.18 Å². The molecule has 0 fully saturated rings. The molecule has 0 spiro atoms. The van der Waals surface area contributed by atoms with Crippen LogP contribution in [0.1, 0.15) is 15.9 Å². The number of alkyl halides is 3. The van der Waals surface area contributed by atoms with Crippen molar-refractivity contribution in [1.82, 2.24) is 5.73 Å². The molecule has 0 aliphatic heterocycles. The Balaban J connectivity index is 2.93. The second kappa shape index (κ2) is 3.79. The van der Waals surface area contributed by atoms with Crippen LogP contribution in [0.5, 0.6) is 0 Å². The SMILES string of the molecule is [NH]Cc1ccc(C(=O)C(F)(F)F)cc1. The number of halogens is 3. The highest BCUT2D eigenvalue weighted by molar-refractivity contribution is 6.00. The summed E-state index contributed by atoms with van der Waals surface area (Å²) in [4.78, 5) is 10.7. The molecule has 0 saturated carbocycles. The van der Waals surface area contributed by atoms with E-state index in [0.717, 1.165) is 12.1 Å². The van der Waals surface area contributed by atoms with Crippen LogP contribution in [0.25, 0.3) is 0 Å². The van der Waals surface area contributed by atoms with Crippen molar-refractivity contribution in [2.75, 3.05) is 0 Å². The Labute approximate surface area is 78.5 Å². The maximum Gasteiger partial charge on any atom is 0.454 e. The number of hydrogen-bond donors (Lipinski definition) is 0. The van der Waals surface area contributed by atoms with Crippen LogP contribution in [0.15, 0.2) is 24.3 Å². The number of carbonyl (C=O) groups is 1. The van der Waals surface area contributed by atoms with E-state index in [-0.39, 0.29) is 6.54 Å². The molecule has 75 valence electrons. The number of Topliss-reactive ketones (excluding diaryl/α,β-unsaturated/α-hetero) is 1. The third-order valence-corrected chi connectivity index (χ3v) is 1.68. The molecular weight excluding hydrogens is 195 g/mol. The van der Waals surface area contributed by atoms with Gasteiger partial charge in [-0.15, -0.1) is 0 Å². The first-order valence-corrected chi connectivity index (χ1v) is 3.80. The lowest BCUT2D eigenvalue weighted by molar-refractivity contribution is -0.0885. The minimum atomic E-state index is -4.83. The van der Waals surface area contributed by atoms with Crippen molar-refractivity contribution >= 4 is 5.78 Å². The van der Waals surface area contributed by atoms with Crippen molar-refractivity contribution in [3.05, 3.63) is 35.4 Å². The summed E-state index contributed by atoms with van der Waals surface area (Å²) in [7, 11) is 0. The average Bonchev–Trinajstić information content (AvgIpc) is 2.15. The molecule has 0 aliphatic rings. The Bertz CT molecular complexity index is 329. The van der Waals surface area contributed by atoms with Gasteiger partial charge in [0.1, 0.15) is 0 Å². The number of rotatable bonds is 2.